The molecule has 1 fully saturated rings. The van der Waals surface area contributed by atoms with Crippen molar-refractivity contribution in [3.05, 3.63) is 34.6 Å². The van der Waals surface area contributed by atoms with Gasteiger partial charge in [0, 0.05) is 12.8 Å². The van der Waals surface area contributed by atoms with Gasteiger partial charge in [-0.1, -0.05) is 0 Å². The highest BCUT2D eigenvalue weighted by Gasteiger charge is 2.18. The molecule has 0 bridgehead atoms. The lowest BCUT2D eigenvalue weighted by atomic mass is 10.2. The van der Waals surface area contributed by atoms with Crippen LogP contribution in [0, 0.1) is 6.92 Å². The smallest absolute Gasteiger partial charge is 0.261 e. The van der Waals surface area contributed by atoms with Gasteiger partial charge in [-0.25, -0.2) is 4.98 Å². The molecule has 0 spiro atoms. The van der Waals surface area contributed by atoms with Crippen LogP contribution in [0.2, 0.25) is 0 Å². The fourth-order valence-corrected chi connectivity index (χ4v) is 2.92. The van der Waals surface area contributed by atoms with E-state index in [1.807, 2.05) is 13.0 Å². The monoisotopic (exact) mass is 285 g/mol. The van der Waals surface area contributed by atoms with E-state index in [-0.39, 0.29) is 11.7 Å². The Morgan fingerprint density at radius 2 is 2.38 bits per heavy atom. The molecular weight excluding hydrogens is 270 g/mol. The van der Waals surface area contributed by atoms with Crippen LogP contribution >= 0.6 is 0 Å². The van der Waals surface area contributed by atoms with Crippen LogP contribution in [0.1, 0.15) is 18.5 Å². The molecule has 1 unspecified atom stereocenters. The number of rotatable bonds is 2. The predicted octanol–water partition coefficient (Wildman–Crippen LogP) is 0.927. The van der Waals surface area contributed by atoms with Gasteiger partial charge in [0.25, 0.3) is 11.3 Å². The standard InChI is InChI=1S/C14H15N5O2/c1-9-12-11(19-14(17-9)15-8-16-19)4-5-18(13(12)20)7-10-3-2-6-21-10/h4-5,8,10H,2-3,6-7H2,1H3. The second kappa shape index (κ2) is 4.63. The summed E-state index contributed by atoms with van der Waals surface area (Å²) >= 11 is 0. The third-order valence-electron chi connectivity index (χ3n) is 3.95. The zero-order valence-corrected chi connectivity index (χ0v) is 11.7. The summed E-state index contributed by atoms with van der Waals surface area (Å²) in [6, 6.07) is 1.89. The van der Waals surface area contributed by atoms with Gasteiger partial charge in [-0.3, -0.25) is 4.79 Å². The molecule has 4 heterocycles. The number of aryl methyl sites for hydroxylation is 1. The molecule has 3 aromatic heterocycles. The molecule has 0 N–H and O–H groups in total. The Bertz CT molecular complexity index is 876. The van der Waals surface area contributed by atoms with Gasteiger partial charge >= 0.3 is 0 Å². The highest BCUT2D eigenvalue weighted by Crippen LogP contribution is 2.16. The number of hydrogen-bond acceptors (Lipinski definition) is 5. The van der Waals surface area contributed by atoms with Crippen molar-refractivity contribution in [2.45, 2.75) is 32.4 Å². The van der Waals surface area contributed by atoms with Crippen molar-refractivity contribution in [3.63, 3.8) is 0 Å². The molecule has 1 aliphatic heterocycles. The molecule has 1 aliphatic rings. The maximum absolute atomic E-state index is 12.7. The summed E-state index contributed by atoms with van der Waals surface area (Å²) in [5.41, 5.74) is 1.37. The number of ether oxygens (including phenoxy) is 1. The molecule has 0 aromatic carbocycles. The van der Waals surface area contributed by atoms with E-state index < -0.39 is 0 Å². The molecule has 3 aromatic rings. The number of hydrogen-bond donors (Lipinski definition) is 0. The highest BCUT2D eigenvalue weighted by atomic mass is 16.5. The van der Waals surface area contributed by atoms with E-state index in [4.69, 9.17) is 4.74 Å². The normalized spacial score (nSPS) is 18.8. The van der Waals surface area contributed by atoms with Gasteiger partial charge in [0.05, 0.1) is 29.2 Å². The first kappa shape index (κ1) is 12.5. The van der Waals surface area contributed by atoms with Crippen LogP contribution in [0.3, 0.4) is 0 Å². The second-order valence-electron chi connectivity index (χ2n) is 5.34. The number of pyridine rings is 1. The average Bonchev–Trinajstić information content (AvgIpc) is 3.12. The highest BCUT2D eigenvalue weighted by molar-refractivity contribution is 5.81. The van der Waals surface area contributed by atoms with E-state index in [2.05, 4.69) is 15.1 Å². The summed E-state index contributed by atoms with van der Waals surface area (Å²) in [5.74, 6) is 0.510. The third-order valence-corrected chi connectivity index (χ3v) is 3.95. The summed E-state index contributed by atoms with van der Waals surface area (Å²) < 4.78 is 8.91. The van der Waals surface area contributed by atoms with Crippen molar-refractivity contribution in [3.8, 4) is 0 Å². The Morgan fingerprint density at radius 3 is 3.19 bits per heavy atom. The summed E-state index contributed by atoms with van der Waals surface area (Å²) in [5, 5.41) is 4.72. The van der Waals surface area contributed by atoms with E-state index in [0.29, 0.717) is 23.4 Å². The van der Waals surface area contributed by atoms with Crippen molar-refractivity contribution in [2.75, 3.05) is 6.61 Å². The molecule has 7 heteroatoms. The number of aromatic nitrogens is 5. The van der Waals surface area contributed by atoms with Crippen LogP contribution < -0.4 is 5.56 Å². The van der Waals surface area contributed by atoms with Crippen LogP contribution in [-0.2, 0) is 11.3 Å². The SMILES string of the molecule is Cc1nc2ncnn2c2ccn(CC3CCCO3)c(=O)c12. The maximum atomic E-state index is 12.7. The van der Waals surface area contributed by atoms with Crippen molar-refractivity contribution < 1.29 is 4.74 Å². The zero-order chi connectivity index (χ0) is 14.4. The van der Waals surface area contributed by atoms with Crippen LogP contribution in [-0.4, -0.2) is 36.9 Å². The minimum absolute atomic E-state index is 0.0506. The Morgan fingerprint density at radius 1 is 1.48 bits per heavy atom. The molecule has 0 saturated carbocycles. The minimum Gasteiger partial charge on any atom is -0.376 e. The Kier molecular flexibility index (Phi) is 2.75. The second-order valence-corrected chi connectivity index (χ2v) is 5.34. The van der Waals surface area contributed by atoms with Crippen molar-refractivity contribution in [1.29, 1.82) is 0 Å². The van der Waals surface area contributed by atoms with E-state index in [9.17, 15) is 4.79 Å². The van der Waals surface area contributed by atoms with Crippen LogP contribution in [0.25, 0.3) is 16.7 Å². The lowest BCUT2D eigenvalue weighted by Crippen LogP contribution is -2.27. The van der Waals surface area contributed by atoms with E-state index in [1.165, 1.54) is 6.33 Å². The van der Waals surface area contributed by atoms with Crippen LogP contribution in [0.5, 0.6) is 0 Å². The molecule has 21 heavy (non-hydrogen) atoms. The van der Waals surface area contributed by atoms with E-state index in [1.54, 1.807) is 15.3 Å². The topological polar surface area (TPSA) is 74.3 Å². The minimum atomic E-state index is -0.0506. The molecule has 0 radical (unpaired) electrons. The Labute approximate surface area is 120 Å². The van der Waals surface area contributed by atoms with Gasteiger partial charge in [0.2, 0.25) is 0 Å². The molecular formula is C14H15N5O2. The maximum Gasteiger partial charge on any atom is 0.261 e. The summed E-state index contributed by atoms with van der Waals surface area (Å²) in [4.78, 5) is 21.1. The van der Waals surface area contributed by atoms with Gasteiger partial charge in [0.1, 0.15) is 6.33 Å². The first-order valence-corrected chi connectivity index (χ1v) is 7.05. The Balaban J connectivity index is 1.91. The van der Waals surface area contributed by atoms with Gasteiger partial charge in [0.15, 0.2) is 0 Å². The predicted molar refractivity (Wildman–Crippen MR) is 76.3 cm³/mol. The lowest BCUT2D eigenvalue weighted by molar-refractivity contribution is 0.0963. The largest absolute Gasteiger partial charge is 0.376 e. The molecule has 0 aliphatic carbocycles. The lowest BCUT2D eigenvalue weighted by Gasteiger charge is -2.13. The van der Waals surface area contributed by atoms with Crippen LogP contribution in [0.15, 0.2) is 23.4 Å². The molecule has 1 atom stereocenters. The molecule has 7 nitrogen and oxygen atoms in total. The fraction of sp³-hybridized carbons (Fsp3) is 0.429. The summed E-state index contributed by atoms with van der Waals surface area (Å²) in [7, 11) is 0. The first-order valence-electron chi connectivity index (χ1n) is 7.05. The van der Waals surface area contributed by atoms with Gasteiger partial charge in [-0.05, 0) is 25.8 Å². The molecule has 108 valence electrons. The van der Waals surface area contributed by atoms with Gasteiger partial charge < -0.3 is 9.30 Å². The number of fused-ring (bicyclic) bond motifs is 3. The average molecular weight is 285 g/mol. The van der Waals surface area contributed by atoms with E-state index >= 15 is 0 Å². The van der Waals surface area contributed by atoms with E-state index in [0.717, 1.165) is 25.0 Å². The molecule has 0 amide bonds. The third kappa shape index (κ3) is 1.92. The van der Waals surface area contributed by atoms with Gasteiger partial charge in [-0.15, -0.1) is 0 Å². The number of nitrogens with zero attached hydrogens (tertiary/aromatic N) is 5. The van der Waals surface area contributed by atoms with Gasteiger partial charge in [-0.2, -0.15) is 14.6 Å². The zero-order valence-electron chi connectivity index (χ0n) is 11.7. The molecule has 1 saturated heterocycles. The van der Waals surface area contributed by atoms with Crippen LogP contribution in [0.4, 0.5) is 0 Å². The summed E-state index contributed by atoms with van der Waals surface area (Å²) in [6.45, 7) is 3.20. The Hall–Kier alpha value is -2.28. The summed E-state index contributed by atoms with van der Waals surface area (Å²) in [6.07, 6.45) is 5.44. The van der Waals surface area contributed by atoms with Crippen molar-refractivity contribution in [1.82, 2.24) is 24.1 Å². The van der Waals surface area contributed by atoms with Crippen molar-refractivity contribution in [2.24, 2.45) is 0 Å². The first-order chi connectivity index (χ1) is 10.2. The van der Waals surface area contributed by atoms with Crippen molar-refractivity contribution >= 4 is 16.7 Å². The quantitative estimate of drug-likeness (QED) is 0.700. The molecule has 4 rings (SSSR count). The fourth-order valence-electron chi connectivity index (χ4n) is 2.92.